The Morgan fingerprint density at radius 2 is 1.79 bits per heavy atom. The number of nitrogen functional groups attached to an aromatic ring is 1. The van der Waals surface area contributed by atoms with E-state index in [0.717, 1.165) is 16.8 Å². The van der Waals surface area contributed by atoms with Crippen molar-refractivity contribution in [3.63, 3.8) is 0 Å². The van der Waals surface area contributed by atoms with Gasteiger partial charge >= 0.3 is 0 Å². The lowest BCUT2D eigenvalue weighted by Crippen LogP contribution is -1.94. The summed E-state index contributed by atoms with van der Waals surface area (Å²) in [7, 11) is 0. The zero-order valence-corrected chi connectivity index (χ0v) is 7.94. The molecule has 3 nitrogen and oxygen atoms in total. The van der Waals surface area contributed by atoms with Crippen molar-refractivity contribution in [2.45, 2.75) is 6.92 Å². The molecule has 2 rings (SSSR count). The Morgan fingerprint density at radius 3 is 2.43 bits per heavy atom. The third-order valence-electron chi connectivity index (χ3n) is 2.10. The molecule has 0 aliphatic carbocycles. The fourth-order valence-corrected chi connectivity index (χ4v) is 1.42. The first kappa shape index (κ1) is 8.69. The molecule has 70 valence electrons. The minimum atomic E-state index is 0.556. The van der Waals surface area contributed by atoms with E-state index in [1.807, 2.05) is 31.2 Å². The highest BCUT2D eigenvalue weighted by molar-refractivity contribution is 5.66. The van der Waals surface area contributed by atoms with Gasteiger partial charge in [0, 0.05) is 23.7 Å². The van der Waals surface area contributed by atoms with Gasteiger partial charge in [-0.25, -0.2) is 4.98 Å². The fraction of sp³-hybridized carbons (Fsp3) is 0.0909. The average Bonchev–Trinajstić information content (AvgIpc) is 2.19. The number of pyridine rings is 2. The fourth-order valence-electron chi connectivity index (χ4n) is 1.42. The summed E-state index contributed by atoms with van der Waals surface area (Å²) in [6.45, 7) is 1.95. The summed E-state index contributed by atoms with van der Waals surface area (Å²) < 4.78 is 0. The molecule has 0 atom stereocenters. The number of aryl methyl sites for hydroxylation is 1. The molecule has 0 aliphatic heterocycles. The van der Waals surface area contributed by atoms with E-state index in [4.69, 9.17) is 5.73 Å². The van der Waals surface area contributed by atoms with Crippen LogP contribution >= 0.6 is 0 Å². The molecule has 2 heterocycles. The van der Waals surface area contributed by atoms with Crippen LogP contribution < -0.4 is 5.73 Å². The maximum absolute atomic E-state index is 5.58. The third-order valence-corrected chi connectivity index (χ3v) is 2.10. The van der Waals surface area contributed by atoms with Gasteiger partial charge in [0.2, 0.25) is 0 Å². The molecule has 0 saturated heterocycles. The normalized spacial score (nSPS) is 10.1. The first-order valence-electron chi connectivity index (χ1n) is 4.41. The summed E-state index contributed by atoms with van der Waals surface area (Å²) in [6, 6.07) is 7.70. The first-order chi connectivity index (χ1) is 6.77. The topological polar surface area (TPSA) is 51.8 Å². The second-order valence-corrected chi connectivity index (χ2v) is 3.10. The van der Waals surface area contributed by atoms with E-state index in [-0.39, 0.29) is 0 Å². The Bertz CT molecular complexity index is 438. The van der Waals surface area contributed by atoms with Crippen LogP contribution in [0.5, 0.6) is 0 Å². The number of anilines is 1. The van der Waals surface area contributed by atoms with E-state index in [1.165, 1.54) is 0 Å². The molecular weight excluding hydrogens is 174 g/mol. The maximum atomic E-state index is 5.58. The SMILES string of the molecule is Cc1nc(N)ccc1-c1ccncc1. The van der Waals surface area contributed by atoms with Crippen LogP contribution in [0.4, 0.5) is 5.82 Å². The highest BCUT2D eigenvalue weighted by atomic mass is 14.8. The average molecular weight is 185 g/mol. The van der Waals surface area contributed by atoms with Gasteiger partial charge in [0.05, 0.1) is 0 Å². The molecule has 0 radical (unpaired) electrons. The van der Waals surface area contributed by atoms with E-state index < -0.39 is 0 Å². The van der Waals surface area contributed by atoms with Crippen molar-refractivity contribution in [3.05, 3.63) is 42.4 Å². The summed E-state index contributed by atoms with van der Waals surface area (Å²) in [5.74, 6) is 0.556. The standard InChI is InChI=1S/C11H11N3/c1-8-10(2-3-11(12)14-8)9-4-6-13-7-5-9/h2-7H,1H3,(H2,12,14). The van der Waals surface area contributed by atoms with Gasteiger partial charge in [-0.05, 0) is 36.8 Å². The summed E-state index contributed by atoms with van der Waals surface area (Å²) in [5, 5.41) is 0. The number of rotatable bonds is 1. The molecule has 2 N–H and O–H groups in total. The third kappa shape index (κ3) is 1.57. The predicted octanol–water partition coefficient (Wildman–Crippen LogP) is 2.03. The number of nitrogens with zero attached hydrogens (tertiary/aromatic N) is 2. The second kappa shape index (κ2) is 3.46. The first-order valence-corrected chi connectivity index (χ1v) is 4.41. The largest absolute Gasteiger partial charge is 0.384 e. The summed E-state index contributed by atoms with van der Waals surface area (Å²) >= 11 is 0. The van der Waals surface area contributed by atoms with E-state index in [2.05, 4.69) is 9.97 Å². The number of hydrogen-bond donors (Lipinski definition) is 1. The molecule has 2 aromatic rings. The smallest absolute Gasteiger partial charge is 0.123 e. The van der Waals surface area contributed by atoms with Crippen molar-refractivity contribution >= 4 is 5.82 Å². The number of nitrogens with two attached hydrogens (primary N) is 1. The maximum Gasteiger partial charge on any atom is 0.123 e. The van der Waals surface area contributed by atoms with Gasteiger partial charge in [0.15, 0.2) is 0 Å². The van der Waals surface area contributed by atoms with Gasteiger partial charge in [0.25, 0.3) is 0 Å². The summed E-state index contributed by atoms with van der Waals surface area (Å²) in [4.78, 5) is 8.18. The minimum Gasteiger partial charge on any atom is -0.384 e. The molecule has 0 fully saturated rings. The summed E-state index contributed by atoms with van der Waals surface area (Å²) in [5.41, 5.74) is 8.74. The van der Waals surface area contributed by atoms with E-state index in [0.29, 0.717) is 5.82 Å². The molecule has 2 aromatic heterocycles. The molecule has 0 aliphatic rings. The zero-order chi connectivity index (χ0) is 9.97. The van der Waals surface area contributed by atoms with E-state index >= 15 is 0 Å². The van der Waals surface area contributed by atoms with Crippen LogP contribution in [0.2, 0.25) is 0 Å². The Morgan fingerprint density at radius 1 is 1.07 bits per heavy atom. The highest BCUT2D eigenvalue weighted by Gasteiger charge is 2.01. The van der Waals surface area contributed by atoms with Crippen molar-refractivity contribution in [1.82, 2.24) is 9.97 Å². The van der Waals surface area contributed by atoms with Crippen LogP contribution in [-0.4, -0.2) is 9.97 Å². The molecule has 0 amide bonds. The van der Waals surface area contributed by atoms with Gasteiger partial charge in [-0.15, -0.1) is 0 Å². The van der Waals surface area contributed by atoms with Crippen molar-refractivity contribution in [2.24, 2.45) is 0 Å². The quantitative estimate of drug-likeness (QED) is 0.739. The molecule has 0 saturated carbocycles. The van der Waals surface area contributed by atoms with Crippen LogP contribution in [0.3, 0.4) is 0 Å². The summed E-state index contributed by atoms with van der Waals surface area (Å²) in [6.07, 6.45) is 3.54. The molecule has 14 heavy (non-hydrogen) atoms. The Kier molecular flexibility index (Phi) is 2.14. The molecule has 0 aromatic carbocycles. The molecular formula is C11H11N3. The van der Waals surface area contributed by atoms with Gasteiger partial charge in [-0.2, -0.15) is 0 Å². The van der Waals surface area contributed by atoms with Crippen LogP contribution in [0.15, 0.2) is 36.7 Å². The van der Waals surface area contributed by atoms with Crippen LogP contribution in [-0.2, 0) is 0 Å². The van der Waals surface area contributed by atoms with E-state index in [1.54, 1.807) is 12.4 Å². The Labute approximate surface area is 82.6 Å². The minimum absolute atomic E-state index is 0.556. The predicted molar refractivity (Wildman–Crippen MR) is 56.6 cm³/mol. The monoisotopic (exact) mass is 185 g/mol. The van der Waals surface area contributed by atoms with Crippen molar-refractivity contribution in [3.8, 4) is 11.1 Å². The molecule has 3 heteroatoms. The lowest BCUT2D eigenvalue weighted by molar-refractivity contribution is 1.21. The Balaban J connectivity index is 2.53. The van der Waals surface area contributed by atoms with Gasteiger partial charge in [-0.1, -0.05) is 0 Å². The lowest BCUT2D eigenvalue weighted by atomic mass is 10.1. The van der Waals surface area contributed by atoms with E-state index in [9.17, 15) is 0 Å². The number of aromatic nitrogens is 2. The second-order valence-electron chi connectivity index (χ2n) is 3.10. The zero-order valence-electron chi connectivity index (χ0n) is 7.94. The van der Waals surface area contributed by atoms with Crippen LogP contribution in [0.1, 0.15) is 5.69 Å². The molecule has 0 spiro atoms. The highest BCUT2D eigenvalue weighted by Crippen LogP contribution is 2.21. The van der Waals surface area contributed by atoms with Crippen LogP contribution in [0, 0.1) is 6.92 Å². The Hall–Kier alpha value is -1.90. The molecule has 0 bridgehead atoms. The van der Waals surface area contributed by atoms with Gasteiger partial charge in [-0.3, -0.25) is 4.98 Å². The lowest BCUT2D eigenvalue weighted by Gasteiger charge is -2.04. The van der Waals surface area contributed by atoms with Gasteiger partial charge in [0.1, 0.15) is 5.82 Å². The number of hydrogen-bond acceptors (Lipinski definition) is 3. The van der Waals surface area contributed by atoms with Gasteiger partial charge < -0.3 is 5.73 Å². The van der Waals surface area contributed by atoms with Crippen molar-refractivity contribution in [2.75, 3.05) is 5.73 Å². The van der Waals surface area contributed by atoms with Crippen molar-refractivity contribution in [1.29, 1.82) is 0 Å². The van der Waals surface area contributed by atoms with Crippen molar-refractivity contribution < 1.29 is 0 Å². The molecule has 0 unspecified atom stereocenters. The van der Waals surface area contributed by atoms with Crippen LogP contribution in [0.25, 0.3) is 11.1 Å².